The highest BCUT2D eigenvalue weighted by molar-refractivity contribution is 5.85. The third kappa shape index (κ3) is 3.86. The lowest BCUT2D eigenvalue weighted by Crippen LogP contribution is -2.43. The van der Waals surface area contributed by atoms with Gasteiger partial charge in [-0.15, -0.1) is 0 Å². The first-order valence-electron chi connectivity index (χ1n) is 6.78. The molecule has 102 valence electrons. The maximum absolute atomic E-state index is 12.1. The lowest BCUT2D eigenvalue weighted by molar-refractivity contribution is -0.147. The van der Waals surface area contributed by atoms with Gasteiger partial charge in [0.05, 0.1) is 11.8 Å². The van der Waals surface area contributed by atoms with Gasteiger partial charge in [0.1, 0.15) is 0 Å². The molecule has 3 atom stereocenters. The van der Waals surface area contributed by atoms with Gasteiger partial charge in [0.2, 0.25) is 5.91 Å². The molecular weight excluding hydrogens is 230 g/mol. The predicted octanol–water partition coefficient (Wildman–Crippen LogP) is 2.35. The molecule has 0 spiro atoms. The van der Waals surface area contributed by atoms with E-state index in [1.54, 1.807) is 0 Å². The average molecular weight is 253 g/mol. The second kappa shape index (κ2) is 7.19. The molecular formula is C14H23NO3. The first-order chi connectivity index (χ1) is 8.60. The topological polar surface area (TPSA) is 66.4 Å². The zero-order chi connectivity index (χ0) is 13.5. The van der Waals surface area contributed by atoms with Gasteiger partial charge in [-0.25, -0.2) is 0 Å². The van der Waals surface area contributed by atoms with E-state index in [1.807, 2.05) is 19.1 Å². The van der Waals surface area contributed by atoms with Crippen LogP contribution in [0.2, 0.25) is 0 Å². The number of hydrogen-bond acceptors (Lipinski definition) is 2. The summed E-state index contributed by atoms with van der Waals surface area (Å²) in [6.07, 6.45) is 7.61. The van der Waals surface area contributed by atoms with Crippen molar-refractivity contribution in [1.82, 2.24) is 5.32 Å². The van der Waals surface area contributed by atoms with Gasteiger partial charge in [-0.2, -0.15) is 0 Å². The zero-order valence-electron chi connectivity index (χ0n) is 11.2. The first-order valence-corrected chi connectivity index (χ1v) is 6.78. The van der Waals surface area contributed by atoms with E-state index in [2.05, 4.69) is 12.2 Å². The Morgan fingerprint density at radius 1 is 1.28 bits per heavy atom. The molecule has 0 saturated carbocycles. The van der Waals surface area contributed by atoms with Crippen molar-refractivity contribution in [3.63, 3.8) is 0 Å². The number of nitrogens with one attached hydrogen (secondary N) is 1. The van der Waals surface area contributed by atoms with Crippen molar-refractivity contribution in [2.45, 2.75) is 52.0 Å². The zero-order valence-corrected chi connectivity index (χ0v) is 11.2. The van der Waals surface area contributed by atoms with Crippen LogP contribution in [0.25, 0.3) is 0 Å². The molecule has 4 heteroatoms. The fourth-order valence-electron chi connectivity index (χ4n) is 2.41. The summed E-state index contributed by atoms with van der Waals surface area (Å²) in [5.41, 5.74) is 0. The molecule has 0 aromatic rings. The summed E-state index contributed by atoms with van der Waals surface area (Å²) < 4.78 is 0. The molecule has 0 aromatic carbocycles. The number of allylic oxidation sites excluding steroid dienone is 2. The van der Waals surface area contributed by atoms with Crippen molar-refractivity contribution in [1.29, 1.82) is 0 Å². The van der Waals surface area contributed by atoms with Crippen LogP contribution in [0.15, 0.2) is 12.2 Å². The van der Waals surface area contributed by atoms with E-state index in [-0.39, 0.29) is 11.9 Å². The first kappa shape index (κ1) is 14.7. The molecule has 1 rings (SSSR count). The van der Waals surface area contributed by atoms with Gasteiger partial charge >= 0.3 is 5.97 Å². The minimum absolute atomic E-state index is 0.105. The summed E-state index contributed by atoms with van der Waals surface area (Å²) in [6, 6.07) is 0.169. The summed E-state index contributed by atoms with van der Waals surface area (Å²) in [5, 5.41) is 12.1. The smallest absolute Gasteiger partial charge is 0.307 e. The minimum atomic E-state index is -0.872. The fourth-order valence-corrected chi connectivity index (χ4v) is 2.41. The van der Waals surface area contributed by atoms with E-state index in [4.69, 9.17) is 5.11 Å². The molecule has 2 N–H and O–H groups in total. The van der Waals surface area contributed by atoms with Gasteiger partial charge in [-0.3, -0.25) is 9.59 Å². The molecule has 1 aliphatic carbocycles. The van der Waals surface area contributed by atoms with Crippen LogP contribution in [0.3, 0.4) is 0 Å². The maximum atomic E-state index is 12.1. The van der Waals surface area contributed by atoms with Gasteiger partial charge in [-0.05, 0) is 25.7 Å². The van der Waals surface area contributed by atoms with Gasteiger partial charge in [0.15, 0.2) is 0 Å². The third-order valence-corrected chi connectivity index (χ3v) is 3.56. The second-order valence-corrected chi connectivity index (χ2v) is 4.90. The van der Waals surface area contributed by atoms with Crippen LogP contribution in [-0.4, -0.2) is 23.0 Å². The van der Waals surface area contributed by atoms with Gasteiger partial charge in [0, 0.05) is 6.04 Å². The quantitative estimate of drug-likeness (QED) is 0.714. The van der Waals surface area contributed by atoms with Crippen molar-refractivity contribution in [3.8, 4) is 0 Å². The number of carboxylic acids is 1. The number of hydrogen-bond donors (Lipinski definition) is 2. The van der Waals surface area contributed by atoms with Crippen LogP contribution in [0, 0.1) is 11.8 Å². The van der Waals surface area contributed by atoms with Crippen LogP contribution < -0.4 is 5.32 Å². The molecule has 0 heterocycles. The predicted molar refractivity (Wildman–Crippen MR) is 70.1 cm³/mol. The molecule has 4 nitrogen and oxygen atoms in total. The summed E-state index contributed by atoms with van der Waals surface area (Å²) in [5.74, 6) is -1.97. The number of carbonyl (C=O) groups is 2. The van der Waals surface area contributed by atoms with E-state index in [0.29, 0.717) is 12.8 Å². The number of carboxylic acid groups (broad SMARTS) is 1. The Hall–Kier alpha value is -1.32. The maximum Gasteiger partial charge on any atom is 0.307 e. The van der Waals surface area contributed by atoms with Gasteiger partial charge in [0.25, 0.3) is 0 Å². The molecule has 3 unspecified atom stereocenters. The normalized spacial score (nSPS) is 24.6. The Bertz CT molecular complexity index is 325. The fraction of sp³-hybridized carbons (Fsp3) is 0.714. The summed E-state index contributed by atoms with van der Waals surface area (Å²) in [6.45, 7) is 4.12. The number of aliphatic carboxylic acids is 1. The van der Waals surface area contributed by atoms with Gasteiger partial charge < -0.3 is 10.4 Å². The van der Waals surface area contributed by atoms with E-state index in [0.717, 1.165) is 19.3 Å². The number of rotatable bonds is 6. The SMILES string of the molecule is CCCC(CC)NC(=O)C1CC=CCC1C(=O)O. The summed E-state index contributed by atoms with van der Waals surface area (Å²) in [7, 11) is 0. The number of carbonyl (C=O) groups excluding carboxylic acids is 1. The van der Waals surface area contributed by atoms with E-state index in [9.17, 15) is 9.59 Å². The summed E-state index contributed by atoms with van der Waals surface area (Å²) in [4.78, 5) is 23.3. The van der Waals surface area contributed by atoms with E-state index in [1.165, 1.54) is 0 Å². The van der Waals surface area contributed by atoms with Crippen molar-refractivity contribution in [3.05, 3.63) is 12.2 Å². The Labute approximate surface area is 108 Å². The Morgan fingerprint density at radius 3 is 2.39 bits per heavy atom. The molecule has 0 fully saturated rings. The molecule has 1 aliphatic rings. The molecule has 0 bridgehead atoms. The van der Waals surface area contributed by atoms with Crippen molar-refractivity contribution in [2.24, 2.45) is 11.8 Å². The van der Waals surface area contributed by atoms with Crippen LogP contribution in [0.5, 0.6) is 0 Å². The van der Waals surface area contributed by atoms with Crippen LogP contribution in [-0.2, 0) is 9.59 Å². The van der Waals surface area contributed by atoms with Crippen molar-refractivity contribution < 1.29 is 14.7 Å². The number of amides is 1. The van der Waals surface area contributed by atoms with E-state index >= 15 is 0 Å². The minimum Gasteiger partial charge on any atom is -0.481 e. The standard InChI is InChI=1S/C14H23NO3/c1-3-7-10(4-2)15-13(16)11-8-5-6-9-12(11)14(17)18/h5-6,10-12H,3-4,7-9H2,1-2H3,(H,15,16)(H,17,18). The Balaban J connectivity index is 2.63. The highest BCUT2D eigenvalue weighted by Crippen LogP contribution is 2.26. The lowest BCUT2D eigenvalue weighted by atomic mass is 9.82. The van der Waals surface area contributed by atoms with Crippen molar-refractivity contribution >= 4 is 11.9 Å². The van der Waals surface area contributed by atoms with E-state index < -0.39 is 17.8 Å². The van der Waals surface area contributed by atoms with Crippen molar-refractivity contribution in [2.75, 3.05) is 0 Å². The van der Waals surface area contributed by atoms with Crippen LogP contribution in [0.4, 0.5) is 0 Å². The molecule has 18 heavy (non-hydrogen) atoms. The highest BCUT2D eigenvalue weighted by Gasteiger charge is 2.34. The molecule has 0 aliphatic heterocycles. The highest BCUT2D eigenvalue weighted by atomic mass is 16.4. The molecule has 1 amide bonds. The largest absolute Gasteiger partial charge is 0.481 e. The summed E-state index contributed by atoms with van der Waals surface area (Å²) >= 11 is 0. The lowest BCUT2D eigenvalue weighted by Gasteiger charge is -2.26. The third-order valence-electron chi connectivity index (χ3n) is 3.56. The Morgan fingerprint density at radius 2 is 1.89 bits per heavy atom. The van der Waals surface area contributed by atoms with Crippen LogP contribution >= 0.6 is 0 Å². The second-order valence-electron chi connectivity index (χ2n) is 4.90. The molecule has 0 saturated heterocycles. The Kier molecular flexibility index (Phi) is 5.89. The van der Waals surface area contributed by atoms with Gasteiger partial charge in [-0.1, -0.05) is 32.4 Å². The molecule has 0 aromatic heterocycles. The average Bonchev–Trinajstić information content (AvgIpc) is 2.38. The monoisotopic (exact) mass is 253 g/mol. The molecule has 0 radical (unpaired) electrons. The van der Waals surface area contributed by atoms with Crippen LogP contribution in [0.1, 0.15) is 46.0 Å².